The third-order valence-corrected chi connectivity index (χ3v) is 13.3. The molecule has 1 aliphatic heterocycles. The molecule has 2 unspecified atom stereocenters. The Labute approximate surface area is 360 Å². The van der Waals surface area contributed by atoms with Gasteiger partial charge in [-0.05, 0) is 62.9 Å². The van der Waals surface area contributed by atoms with Crippen LogP contribution in [0.2, 0.25) is 0 Å². The quantitative estimate of drug-likeness (QED) is 0.0700. The van der Waals surface area contributed by atoms with E-state index in [4.69, 9.17) is 4.74 Å². The summed E-state index contributed by atoms with van der Waals surface area (Å²) in [6, 6.07) is 56.0. The van der Waals surface area contributed by atoms with Crippen LogP contribution in [0.5, 0.6) is 0 Å². The van der Waals surface area contributed by atoms with E-state index in [0.29, 0.717) is 23.1 Å². The summed E-state index contributed by atoms with van der Waals surface area (Å²) in [5.41, 5.74) is -2.71. The average Bonchev–Trinajstić information content (AvgIpc) is 3.82. The van der Waals surface area contributed by atoms with Gasteiger partial charge in [0.15, 0.2) is 0 Å². The molecule has 6 aromatic carbocycles. The Kier molecular flexibility index (Phi) is 12.5. The second kappa shape index (κ2) is 18.1. The highest BCUT2D eigenvalue weighted by Gasteiger charge is 2.72. The second-order valence-electron chi connectivity index (χ2n) is 16.3. The molecule has 0 bridgehead atoms. The number of carboxylic acids is 1. The molecule has 8 heteroatoms. The van der Waals surface area contributed by atoms with Crippen molar-refractivity contribution in [3.05, 3.63) is 237 Å². The molecular formula is C53H50O7S. The maximum atomic E-state index is 14.0. The minimum atomic E-state index is -2.48. The summed E-state index contributed by atoms with van der Waals surface area (Å²) in [5.74, 6) is -1.45. The van der Waals surface area contributed by atoms with E-state index in [1.807, 2.05) is 157 Å². The molecule has 1 aliphatic rings. The summed E-state index contributed by atoms with van der Waals surface area (Å²) in [7, 11) is 0. The molecule has 0 radical (unpaired) electrons. The van der Waals surface area contributed by atoms with Gasteiger partial charge in [-0.2, -0.15) is 0 Å². The lowest BCUT2D eigenvalue weighted by molar-refractivity contribution is -0.368. The molecule has 61 heavy (non-hydrogen) atoms. The summed E-state index contributed by atoms with van der Waals surface area (Å²) in [6.45, 7) is 0. The number of aliphatic hydroxyl groups excluding tert-OH is 1. The molecule has 7 nitrogen and oxygen atoms in total. The van der Waals surface area contributed by atoms with Crippen LogP contribution < -0.4 is 0 Å². The van der Waals surface area contributed by atoms with Crippen LogP contribution in [-0.2, 0) is 36.8 Å². The Balaban J connectivity index is 1.38. The summed E-state index contributed by atoms with van der Waals surface area (Å²) in [5, 5.41) is 67.1. The van der Waals surface area contributed by atoms with Crippen molar-refractivity contribution in [2.45, 2.75) is 73.1 Å². The maximum Gasteiger partial charge on any atom is 0.336 e. The average molecular weight is 831 g/mol. The topological polar surface area (TPSA) is 127 Å². The molecule has 0 aliphatic carbocycles. The largest absolute Gasteiger partial charge is 0.478 e. The molecule has 1 aromatic heterocycles. The van der Waals surface area contributed by atoms with Gasteiger partial charge < -0.3 is 30.3 Å². The molecule has 0 amide bonds. The number of aliphatic hydroxyl groups is 4. The lowest BCUT2D eigenvalue weighted by atomic mass is 9.56. The van der Waals surface area contributed by atoms with E-state index >= 15 is 0 Å². The third kappa shape index (κ3) is 8.61. The zero-order valence-corrected chi connectivity index (χ0v) is 34.5. The molecule has 0 spiro atoms. The van der Waals surface area contributed by atoms with Crippen LogP contribution >= 0.6 is 11.3 Å². The van der Waals surface area contributed by atoms with Gasteiger partial charge in [-0.3, -0.25) is 0 Å². The third-order valence-electron chi connectivity index (χ3n) is 12.4. The number of benzene rings is 6. The van der Waals surface area contributed by atoms with Gasteiger partial charge in [-0.15, -0.1) is 11.3 Å². The number of carboxylic acid groups (broad SMARTS) is 1. The van der Waals surface area contributed by atoms with E-state index in [1.165, 1.54) is 0 Å². The lowest BCUT2D eigenvalue weighted by Crippen LogP contribution is -2.81. The predicted octanol–water partition coefficient (Wildman–Crippen LogP) is 8.79. The molecule has 7 aromatic rings. The number of thiophene rings is 1. The molecule has 7 atom stereocenters. The summed E-state index contributed by atoms with van der Waals surface area (Å²) in [4.78, 5) is 14.5. The van der Waals surface area contributed by atoms with Gasteiger partial charge in [0.25, 0.3) is 0 Å². The summed E-state index contributed by atoms with van der Waals surface area (Å²) >= 11 is 1.60. The highest BCUT2D eigenvalue weighted by molar-refractivity contribution is 7.10. The molecule has 310 valence electrons. The van der Waals surface area contributed by atoms with Crippen molar-refractivity contribution in [3.63, 3.8) is 0 Å². The van der Waals surface area contributed by atoms with E-state index in [-0.39, 0.29) is 42.7 Å². The number of carbonyl (C=O) groups is 1. The van der Waals surface area contributed by atoms with Crippen molar-refractivity contribution in [2.75, 3.05) is 0 Å². The fraction of sp³-hybridized carbons (Fsp3) is 0.226. The first kappa shape index (κ1) is 42.0. The van der Waals surface area contributed by atoms with Crippen LogP contribution in [0.15, 0.2) is 187 Å². The Bertz CT molecular complexity index is 2480. The van der Waals surface area contributed by atoms with Crippen molar-refractivity contribution in [1.82, 2.24) is 0 Å². The smallest absolute Gasteiger partial charge is 0.336 e. The van der Waals surface area contributed by atoms with E-state index < -0.39 is 41.1 Å². The van der Waals surface area contributed by atoms with Crippen LogP contribution in [0.1, 0.15) is 66.2 Å². The Morgan fingerprint density at radius 2 is 1.05 bits per heavy atom. The van der Waals surface area contributed by atoms with Gasteiger partial charge in [0.2, 0.25) is 0 Å². The normalized spacial score (nSPS) is 23.5. The first-order valence-corrected chi connectivity index (χ1v) is 21.6. The van der Waals surface area contributed by atoms with Gasteiger partial charge in [0.05, 0.1) is 11.7 Å². The zero-order chi connectivity index (χ0) is 42.5. The molecule has 8 rings (SSSR count). The first-order valence-electron chi connectivity index (χ1n) is 20.7. The molecule has 1 saturated heterocycles. The molecule has 5 N–H and O–H groups in total. The highest BCUT2D eigenvalue weighted by atomic mass is 32.1. The van der Waals surface area contributed by atoms with Gasteiger partial charge >= 0.3 is 5.97 Å². The van der Waals surface area contributed by atoms with E-state index in [9.17, 15) is 30.3 Å². The number of ether oxygens (including phenoxy) is 1. The van der Waals surface area contributed by atoms with Gasteiger partial charge in [-0.1, -0.05) is 170 Å². The lowest BCUT2D eigenvalue weighted by Gasteiger charge is -2.62. The van der Waals surface area contributed by atoms with Crippen molar-refractivity contribution in [2.24, 2.45) is 0 Å². The Hall–Kier alpha value is -5.71. The van der Waals surface area contributed by atoms with E-state index in [1.54, 1.807) is 23.5 Å². The van der Waals surface area contributed by atoms with E-state index in [0.717, 1.165) is 21.6 Å². The first-order chi connectivity index (χ1) is 29.6. The predicted molar refractivity (Wildman–Crippen MR) is 239 cm³/mol. The SMILES string of the molecule is O=C(O)c1ccc(C(Cc2ccccc2)c2cccs2)cc1[C@@H]1O[C@H](C(O)Cc2ccccc2)[C@](O)(Cc2ccccc2)[C@@](O)(Cc2ccccc2)[C@]1(O)Cc1ccccc1. The minimum absolute atomic E-state index is 0.0389. The monoisotopic (exact) mass is 830 g/mol. The van der Waals surface area contributed by atoms with E-state index in [2.05, 4.69) is 18.2 Å². The van der Waals surface area contributed by atoms with Crippen LogP contribution in [0.3, 0.4) is 0 Å². The maximum absolute atomic E-state index is 14.0. The van der Waals surface area contributed by atoms with Gasteiger partial charge in [0.1, 0.15) is 29.0 Å². The van der Waals surface area contributed by atoms with Crippen LogP contribution in [0.4, 0.5) is 0 Å². The van der Waals surface area contributed by atoms with Gasteiger partial charge in [0, 0.05) is 36.5 Å². The molecule has 2 heterocycles. The molecular weight excluding hydrogens is 781 g/mol. The second-order valence-corrected chi connectivity index (χ2v) is 17.3. The highest BCUT2D eigenvalue weighted by Crippen LogP contribution is 2.56. The number of rotatable bonds is 15. The summed E-state index contributed by atoms with van der Waals surface area (Å²) < 4.78 is 7.08. The van der Waals surface area contributed by atoms with Crippen molar-refractivity contribution >= 4 is 17.3 Å². The molecule has 0 saturated carbocycles. The number of aromatic carboxylic acids is 1. The molecule has 1 fully saturated rings. The Morgan fingerprint density at radius 1 is 0.574 bits per heavy atom. The van der Waals surface area contributed by atoms with Crippen molar-refractivity contribution in [3.8, 4) is 0 Å². The fourth-order valence-corrected chi connectivity index (χ4v) is 10.2. The zero-order valence-electron chi connectivity index (χ0n) is 33.7. The standard InChI is InChI=1S/C53H50O7S/c54-46(32-38-19-8-2-9-20-38)49-52(58,35-40-23-12-4-13-24-40)53(59,36-41-25-14-5-15-26-41)51(57,34-39-21-10-3-11-22-39)48(60-49)45-33-42(28-29-43(45)50(55)56)44(47-27-16-30-61-47)31-37-17-6-1-7-18-37/h1-30,33,44,46,48-49,54,57-59H,31-32,34-36H2,(H,55,56)/t44?,46?,48-,49+,51-,52+,53+/m0/s1. The fourth-order valence-electron chi connectivity index (χ4n) is 9.33. The Morgan fingerprint density at radius 3 is 1.54 bits per heavy atom. The van der Waals surface area contributed by atoms with Crippen LogP contribution in [0, 0.1) is 0 Å². The number of hydrogen-bond donors (Lipinski definition) is 5. The van der Waals surface area contributed by atoms with Crippen LogP contribution in [-0.4, -0.2) is 60.5 Å². The van der Waals surface area contributed by atoms with Crippen molar-refractivity contribution in [1.29, 1.82) is 0 Å². The van der Waals surface area contributed by atoms with Gasteiger partial charge in [-0.25, -0.2) is 4.79 Å². The minimum Gasteiger partial charge on any atom is -0.478 e. The van der Waals surface area contributed by atoms with Crippen LogP contribution in [0.25, 0.3) is 0 Å². The number of hydrogen-bond acceptors (Lipinski definition) is 7. The summed E-state index contributed by atoms with van der Waals surface area (Å²) in [6.07, 6.45) is -4.58. The van der Waals surface area contributed by atoms with Crippen molar-refractivity contribution < 1.29 is 35.1 Å².